The van der Waals surface area contributed by atoms with Crippen molar-refractivity contribution in [2.75, 3.05) is 13.1 Å². The van der Waals surface area contributed by atoms with Crippen molar-refractivity contribution in [2.24, 2.45) is 4.99 Å². The van der Waals surface area contributed by atoms with Crippen molar-refractivity contribution in [1.29, 1.82) is 0 Å². The summed E-state index contributed by atoms with van der Waals surface area (Å²) in [6.45, 7) is 6.48. The first-order valence-electron chi connectivity index (χ1n) is 4.82. The van der Waals surface area contributed by atoms with Crippen molar-refractivity contribution in [3.63, 3.8) is 0 Å². The number of nitrogens with zero attached hydrogens (tertiary/aromatic N) is 2. The van der Waals surface area contributed by atoms with Gasteiger partial charge < -0.3 is 4.90 Å². The van der Waals surface area contributed by atoms with E-state index in [1.54, 1.807) is 0 Å². The van der Waals surface area contributed by atoms with Gasteiger partial charge >= 0.3 is 0 Å². The Morgan fingerprint density at radius 2 is 2.38 bits per heavy atom. The number of allylic oxidation sites excluding steroid dienone is 2. The SMILES string of the molecule is CC1=CC=CC(C)(N2C=NCC2)C1. The summed E-state index contributed by atoms with van der Waals surface area (Å²) in [6, 6.07) is 0. The van der Waals surface area contributed by atoms with Crippen molar-refractivity contribution >= 4 is 6.34 Å². The first-order chi connectivity index (χ1) is 6.21. The molecule has 13 heavy (non-hydrogen) atoms. The average molecular weight is 176 g/mol. The average Bonchev–Trinajstić information content (AvgIpc) is 2.55. The lowest BCUT2D eigenvalue weighted by molar-refractivity contribution is 0.271. The molecule has 0 fully saturated rings. The fourth-order valence-corrected chi connectivity index (χ4v) is 2.07. The van der Waals surface area contributed by atoms with Crippen molar-refractivity contribution in [3.8, 4) is 0 Å². The van der Waals surface area contributed by atoms with E-state index in [-0.39, 0.29) is 5.54 Å². The summed E-state index contributed by atoms with van der Waals surface area (Å²) in [7, 11) is 0. The molecular weight excluding hydrogens is 160 g/mol. The summed E-state index contributed by atoms with van der Waals surface area (Å²) in [5, 5.41) is 0. The predicted octanol–water partition coefficient (Wildman–Crippen LogP) is 2.00. The zero-order chi connectivity index (χ0) is 9.31. The smallest absolute Gasteiger partial charge is 0.0858 e. The van der Waals surface area contributed by atoms with Gasteiger partial charge in [-0.3, -0.25) is 4.99 Å². The molecule has 0 bridgehead atoms. The van der Waals surface area contributed by atoms with Gasteiger partial charge in [0.15, 0.2) is 0 Å². The van der Waals surface area contributed by atoms with Crippen LogP contribution in [-0.4, -0.2) is 29.9 Å². The molecule has 2 nitrogen and oxygen atoms in total. The Morgan fingerprint density at radius 1 is 1.54 bits per heavy atom. The Labute approximate surface area is 79.7 Å². The molecule has 0 saturated heterocycles. The third-order valence-electron chi connectivity index (χ3n) is 2.82. The lowest BCUT2D eigenvalue weighted by Gasteiger charge is -2.37. The summed E-state index contributed by atoms with van der Waals surface area (Å²) in [5.41, 5.74) is 1.61. The van der Waals surface area contributed by atoms with Crippen LogP contribution in [0.1, 0.15) is 20.3 Å². The minimum absolute atomic E-state index is 0.166. The molecule has 1 atom stereocenters. The van der Waals surface area contributed by atoms with Crippen LogP contribution in [-0.2, 0) is 0 Å². The van der Waals surface area contributed by atoms with Crippen LogP contribution in [0.2, 0.25) is 0 Å². The first-order valence-corrected chi connectivity index (χ1v) is 4.82. The van der Waals surface area contributed by atoms with Gasteiger partial charge in [-0.05, 0) is 20.3 Å². The van der Waals surface area contributed by atoms with Crippen molar-refractivity contribution in [2.45, 2.75) is 25.8 Å². The first kappa shape index (κ1) is 8.54. The van der Waals surface area contributed by atoms with Crippen LogP contribution in [0.5, 0.6) is 0 Å². The third-order valence-corrected chi connectivity index (χ3v) is 2.82. The standard InChI is InChI=1S/C11H16N2/c1-10-4-3-5-11(2,8-10)13-7-6-12-9-13/h3-5,9H,6-8H2,1-2H3. The summed E-state index contributed by atoms with van der Waals surface area (Å²) < 4.78 is 0. The molecule has 0 amide bonds. The highest BCUT2D eigenvalue weighted by atomic mass is 15.2. The molecule has 0 radical (unpaired) electrons. The van der Waals surface area contributed by atoms with Gasteiger partial charge in [0.1, 0.15) is 0 Å². The molecule has 0 aromatic rings. The van der Waals surface area contributed by atoms with Crippen molar-refractivity contribution in [3.05, 3.63) is 23.8 Å². The van der Waals surface area contributed by atoms with Gasteiger partial charge in [-0.25, -0.2) is 0 Å². The number of rotatable bonds is 1. The lowest BCUT2D eigenvalue weighted by atomic mass is 9.87. The second-order valence-corrected chi connectivity index (χ2v) is 4.12. The fraction of sp³-hybridized carbons (Fsp3) is 0.545. The van der Waals surface area contributed by atoms with E-state index in [1.807, 2.05) is 6.34 Å². The minimum atomic E-state index is 0.166. The molecule has 70 valence electrons. The summed E-state index contributed by atoms with van der Waals surface area (Å²) >= 11 is 0. The Kier molecular flexibility index (Phi) is 1.98. The van der Waals surface area contributed by atoms with Crippen molar-refractivity contribution < 1.29 is 0 Å². The van der Waals surface area contributed by atoms with Crippen LogP contribution >= 0.6 is 0 Å². The molecule has 1 aliphatic heterocycles. The van der Waals surface area contributed by atoms with Gasteiger partial charge in [0.25, 0.3) is 0 Å². The van der Waals surface area contributed by atoms with E-state index in [1.165, 1.54) is 5.57 Å². The van der Waals surface area contributed by atoms with Gasteiger partial charge in [-0.15, -0.1) is 0 Å². The Morgan fingerprint density at radius 3 is 3.00 bits per heavy atom. The van der Waals surface area contributed by atoms with E-state index < -0.39 is 0 Å². The summed E-state index contributed by atoms with van der Waals surface area (Å²) in [6.07, 6.45) is 9.73. The maximum absolute atomic E-state index is 4.26. The number of hydrogen-bond donors (Lipinski definition) is 0. The van der Waals surface area contributed by atoms with Crippen LogP contribution in [0.15, 0.2) is 28.8 Å². The zero-order valence-electron chi connectivity index (χ0n) is 8.33. The van der Waals surface area contributed by atoms with Gasteiger partial charge in [0.05, 0.1) is 18.4 Å². The number of aliphatic imine (C=N–C) groups is 1. The largest absolute Gasteiger partial charge is 0.352 e. The van der Waals surface area contributed by atoms with Gasteiger partial charge in [-0.2, -0.15) is 0 Å². The maximum Gasteiger partial charge on any atom is 0.0858 e. The second-order valence-electron chi connectivity index (χ2n) is 4.12. The molecule has 1 aliphatic carbocycles. The van der Waals surface area contributed by atoms with Crippen LogP contribution in [0.25, 0.3) is 0 Å². The van der Waals surface area contributed by atoms with Crippen LogP contribution < -0.4 is 0 Å². The summed E-state index contributed by atoms with van der Waals surface area (Å²) in [5.74, 6) is 0. The maximum atomic E-state index is 4.26. The van der Waals surface area contributed by atoms with Crippen LogP contribution in [0.3, 0.4) is 0 Å². The fourth-order valence-electron chi connectivity index (χ4n) is 2.07. The minimum Gasteiger partial charge on any atom is -0.352 e. The Balaban J connectivity index is 2.17. The molecule has 1 unspecified atom stereocenters. The van der Waals surface area contributed by atoms with Crippen molar-refractivity contribution in [1.82, 2.24) is 4.90 Å². The van der Waals surface area contributed by atoms with E-state index >= 15 is 0 Å². The highest BCUT2D eigenvalue weighted by Crippen LogP contribution is 2.28. The Bertz CT molecular complexity index is 288. The molecule has 0 saturated carbocycles. The van der Waals surface area contributed by atoms with E-state index in [2.05, 4.69) is 42.0 Å². The Hall–Kier alpha value is -1.05. The van der Waals surface area contributed by atoms with E-state index in [4.69, 9.17) is 0 Å². The van der Waals surface area contributed by atoms with Gasteiger partial charge in [0.2, 0.25) is 0 Å². The van der Waals surface area contributed by atoms with Crippen LogP contribution in [0.4, 0.5) is 0 Å². The molecule has 1 heterocycles. The zero-order valence-corrected chi connectivity index (χ0v) is 8.33. The highest BCUT2D eigenvalue weighted by Gasteiger charge is 2.30. The van der Waals surface area contributed by atoms with E-state index in [9.17, 15) is 0 Å². The normalized spacial score (nSPS) is 32.5. The molecule has 0 aromatic heterocycles. The quantitative estimate of drug-likeness (QED) is 0.596. The monoisotopic (exact) mass is 176 g/mol. The van der Waals surface area contributed by atoms with Gasteiger partial charge in [0, 0.05) is 6.54 Å². The lowest BCUT2D eigenvalue weighted by Crippen LogP contribution is -2.43. The molecule has 0 N–H and O–H groups in total. The second kappa shape index (κ2) is 3.02. The van der Waals surface area contributed by atoms with Crippen LogP contribution in [0, 0.1) is 0 Å². The molecule has 2 heteroatoms. The van der Waals surface area contributed by atoms with E-state index in [0.717, 1.165) is 19.5 Å². The predicted molar refractivity (Wildman–Crippen MR) is 56.0 cm³/mol. The van der Waals surface area contributed by atoms with Gasteiger partial charge in [-0.1, -0.05) is 23.8 Å². The summed E-state index contributed by atoms with van der Waals surface area (Å²) in [4.78, 5) is 6.59. The molecule has 2 rings (SSSR count). The number of hydrogen-bond acceptors (Lipinski definition) is 2. The topological polar surface area (TPSA) is 15.6 Å². The molecule has 2 aliphatic rings. The van der Waals surface area contributed by atoms with E-state index in [0.29, 0.717) is 0 Å². The molecular formula is C11H16N2. The third kappa shape index (κ3) is 1.53. The molecule has 0 spiro atoms. The molecule has 0 aromatic carbocycles. The highest BCUT2D eigenvalue weighted by molar-refractivity contribution is 5.59.